The van der Waals surface area contributed by atoms with Gasteiger partial charge in [0.15, 0.2) is 0 Å². The summed E-state index contributed by atoms with van der Waals surface area (Å²) < 4.78 is 77.8. The number of carbonyl (C=O) groups is 3. The highest BCUT2D eigenvalue weighted by molar-refractivity contribution is 6.19. The Morgan fingerprint density at radius 1 is 1.03 bits per heavy atom. The molecule has 1 aliphatic heterocycles. The number of halogens is 6. The minimum atomic E-state index is -5.07. The Balaban J connectivity index is 2.33. The molecule has 3 N–H and O–H groups in total. The Morgan fingerprint density at radius 3 is 2.03 bits per heavy atom. The number of nitrogens with zero attached hydrogens (tertiary/aromatic N) is 1. The summed E-state index contributed by atoms with van der Waals surface area (Å²) in [4.78, 5) is 35.7. The maximum absolute atomic E-state index is 13.0. The Labute approximate surface area is 164 Å². The first-order valence-corrected chi connectivity index (χ1v) is 8.20. The second kappa shape index (κ2) is 8.24. The van der Waals surface area contributed by atoms with Crippen LogP contribution in [-0.4, -0.2) is 46.0 Å². The smallest absolute Gasteiger partial charge is 0.416 e. The third kappa shape index (κ3) is 5.42. The molecule has 0 fully saturated rings. The molecule has 30 heavy (non-hydrogen) atoms. The SMILES string of the molecule is O=C(O)CNC(=O)C1=C(O)CCN(Cc2cc(C(F)(F)F)cc(C(F)(F)F)c2)C1=O. The van der Waals surface area contributed by atoms with Crippen LogP contribution >= 0.6 is 0 Å². The summed E-state index contributed by atoms with van der Waals surface area (Å²) in [6.07, 6.45) is -10.4. The molecule has 1 aromatic rings. The Hall–Kier alpha value is -3.25. The fraction of sp³-hybridized carbons (Fsp3) is 0.353. The van der Waals surface area contributed by atoms with Gasteiger partial charge >= 0.3 is 18.3 Å². The first-order chi connectivity index (χ1) is 13.7. The number of aliphatic hydroxyl groups is 1. The number of benzene rings is 1. The molecule has 0 aliphatic carbocycles. The van der Waals surface area contributed by atoms with E-state index in [1.54, 1.807) is 0 Å². The van der Waals surface area contributed by atoms with Gasteiger partial charge in [0.1, 0.15) is 17.9 Å². The number of amides is 2. The molecule has 1 aliphatic rings. The van der Waals surface area contributed by atoms with Crippen LogP contribution in [0.4, 0.5) is 26.3 Å². The first-order valence-electron chi connectivity index (χ1n) is 8.20. The number of rotatable bonds is 5. The minimum Gasteiger partial charge on any atom is -0.511 e. The quantitative estimate of drug-likeness (QED) is 0.482. The molecule has 0 spiro atoms. The number of carbonyl (C=O) groups excluding carboxylic acids is 2. The van der Waals surface area contributed by atoms with Crippen molar-refractivity contribution in [1.29, 1.82) is 0 Å². The van der Waals surface area contributed by atoms with E-state index < -0.39 is 71.2 Å². The molecular formula is C17H14F6N2O5. The molecular weight excluding hydrogens is 426 g/mol. The first kappa shape index (κ1) is 23.0. The lowest BCUT2D eigenvalue weighted by molar-refractivity contribution is -0.143. The van der Waals surface area contributed by atoms with Crippen molar-refractivity contribution in [2.24, 2.45) is 0 Å². The van der Waals surface area contributed by atoms with Crippen LogP contribution in [-0.2, 0) is 33.3 Å². The molecule has 1 aromatic carbocycles. The zero-order valence-electron chi connectivity index (χ0n) is 14.9. The molecule has 7 nitrogen and oxygen atoms in total. The van der Waals surface area contributed by atoms with Gasteiger partial charge in [-0.2, -0.15) is 26.3 Å². The van der Waals surface area contributed by atoms with Crippen molar-refractivity contribution in [3.8, 4) is 0 Å². The number of carboxylic acid groups (broad SMARTS) is 1. The topological polar surface area (TPSA) is 107 Å². The van der Waals surface area contributed by atoms with Crippen LogP contribution in [0.15, 0.2) is 29.5 Å². The van der Waals surface area contributed by atoms with Crippen LogP contribution in [0.1, 0.15) is 23.1 Å². The summed E-state index contributed by atoms with van der Waals surface area (Å²) in [6.45, 7) is -1.85. The highest BCUT2D eigenvalue weighted by Crippen LogP contribution is 2.36. The van der Waals surface area contributed by atoms with Crippen LogP contribution in [0, 0.1) is 0 Å². The van der Waals surface area contributed by atoms with Gasteiger partial charge in [0.25, 0.3) is 11.8 Å². The molecule has 164 valence electrons. The average Bonchev–Trinajstić information content (AvgIpc) is 2.60. The molecule has 0 aromatic heterocycles. The molecule has 0 saturated carbocycles. The van der Waals surface area contributed by atoms with E-state index in [1.807, 2.05) is 5.32 Å². The highest BCUT2D eigenvalue weighted by atomic mass is 19.4. The van der Waals surface area contributed by atoms with Gasteiger partial charge in [-0.15, -0.1) is 0 Å². The zero-order chi connectivity index (χ0) is 22.9. The Morgan fingerprint density at radius 2 is 1.57 bits per heavy atom. The molecule has 13 heteroatoms. The number of carboxylic acids is 1. The molecule has 0 radical (unpaired) electrons. The third-order valence-corrected chi connectivity index (χ3v) is 4.06. The van der Waals surface area contributed by atoms with Crippen molar-refractivity contribution in [3.63, 3.8) is 0 Å². The largest absolute Gasteiger partial charge is 0.511 e. The van der Waals surface area contributed by atoms with E-state index in [4.69, 9.17) is 5.11 Å². The predicted molar refractivity (Wildman–Crippen MR) is 86.8 cm³/mol. The van der Waals surface area contributed by atoms with Gasteiger partial charge in [-0.1, -0.05) is 0 Å². The number of nitrogens with one attached hydrogen (secondary N) is 1. The standard InChI is InChI=1S/C17H14F6N2O5/c18-16(19,20)9-3-8(4-10(5-9)17(21,22)23)7-25-2-1-11(26)13(15(25)30)14(29)24-6-12(27)28/h3-5,26H,1-2,6-7H2,(H,24,29)(H,27,28). The van der Waals surface area contributed by atoms with Crippen molar-refractivity contribution in [1.82, 2.24) is 10.2 Å². The van der Waals surface area contributed by atoms with Crippen LogP contribution < -0.4 is 5.32 Å². The maximum atomic E-state index is 13.0. The third-order valence-electron chi connectivity index (χ3n) is 4.06. The maximum Gasteiger partial charge on any atom is 0.416 e. The minimum absolute atomic E-state index is 0.0575. The normalized spacial score (nSPS) is 15.4. The van der Waals surface area contributed by atoms with Gasteiger partial charge in [0.05, 0.1) is 11.1 Å². The van der Waals surface area contributed by atoms with E-state index in [-0.39, 0.29) is 19.0 Å². The Bertz CT molecular complexity index is 875. The van der Waals surface area contributed by atoms with Crippen molar-refractivity contribution in [3.05, 3.63) is 46.2 Å². The van der Waals surface area contributed by atoms with Crippen molar-refractivity contribution in [2.45, 2.75) is 25.3 Å². The number of aliphatic hydroxyl groups excluding tert-OH is 1. The molecule has 2 amide bonds. The molecule has 0 unspecified atom stereocenters. The van der Waals surface area contributed by atoms with Crippen molar-refractivity contribution in [2.75, 3.05) is 13.1 Å². The second-order valence-corrected chi connectivity index (χ2v) is 6.29. The van der Waals surface area contributed by atoms with Crippen LogP contribution in [0.3, 0.4) is 0 Å². The summed E-state index contributed by atoms with van der Waals surface area (Å²) in [5, 5.41) is 20.2. The van der Waals surface area contributed by atoms with Crippen molar-refractivity contribution >= 4 is 17.8 Å². The number of hydrogen-bond donors (Lipinski definition) is 3. The van der Waals surface area contributed by atoms with Gasteiger partial charge in [0.2, 0.25) is 0 Å². The van der Waals surface area contributed by atoms with E-state index in [9.17, 15) is 45.8 Å². The number of hydrogen-bond acceptors (Lipinski definition) is 4. The second-order valence-electron chi connectivity index (χ2n) is 6.29. The van der Waals surface area contributed by atoms with Crippen LogP contribution in [0.25, 0.3) is 0 Å². The van der Waals surface area contributed by atoms with Gasteiger partial charge in [0, 0.05) is 19.5 Å². The van der Waals surface area contributed by atoms with E-state index in [0.717, 1.165) is 4.90 Å². The number of alkyl halides is 6. The molecule has 0 atom stereocenters. The predicted octanol–water partition coefficient (Wildman–Crippen LogP) is 2.47. The van der Waals surface area contributed by atoms with Crippen LogP contribution in [0.5, 0.6) is 0 Å². The molecule has 2 rings (SSSR count). The lowest BCUT2D eigenvalue weighted by Crippen LogP contribution is -2.43. The lowest BCUT2D eigenvalue weighted by Gasteiger charge is -2.28. The van der Waals surface area contributed by atoms with E-state index in [2.05, 4.69) is 0 Å². The van der Waals surface area contributed by atoms with Gasteiger partial charge in [-0.25, -0.2) is 0 Å². The van der Waals surface area contributed by atoms with Crippen LogP contribution in [0.2, 0.25) is 0 Å². The summed E-state index contributed by atoms with van der Waals surface area (Å²) in [7, 11) is 0. The summed E-state index contributed by atoms with van der Waals surface area (Å²) in [6, 6.07) is 0.841. The Kier molecular flexibility index (Phi) is 6.33. The summed E-state index contributed by atoms with van der Waals surface area (Å²) in [5.74, 6) is -4.50. The lowest BCUT2D eigenvalue weighted by atomic mass is 10.0. The van der Waals surface area contributed by atoms with Crippen molar-refractivity contribution < 1.29 is 50.9 Å². The highest BCUT2D eigenvalue weighted by Gasteiger charge is 2.38. The average molecular weight is 440 g/mol. The van der Waals surface area contributed by atoms with Gasteiger partial charge < -0.3 is 20.4 Å². The fourth-order valence-corrected chi connectivity index (χ4v) is 2.70. The van der Waals surface area contributed by atoms with E-state index >= 15 is 0 Å². The summed E-state index contributed by atoms with van der Waals surface area (Å²) in [5.41, 5.74) is -4.44. The molecule has 0 saturated heterocycles. The molecule has 1 heterocycles. The van der Waals surface area contributed by atoms with E-state index in [1.165, 1.54) is 0 Å². The van der Waals surface area contributed by atoms with Gasteiger partial charge in [-0.3, -0.25) is 14.4 Å². The van der Waals surface area contributed by atoms with E-state index in [0.29, 0.717) is 12.1 Å². The number of aliphatic carboxylic acids is 1. The zero-order valence-corrected chi connectivity index (χ0v) is 14.9. The van der Waals surface area contributed by atoms with Gasteiger partial charge in [-0.05, 0) is 23.8 Å². The fourth-order valence-electron chi connectivity index (χ4n) is 2.70. The molecule has 0 bridgehead atoms. The summed E-state index contributed by atoms with van der Waals surface area (Å²) >= 11 is 0. The monoisotopic (exact) mass is 440 g/mol.